The van der Waals surface area contributed by atoms with E-state index >= 15 is 0 Å². The van der Waals surface area contributed by atoms with Crippen molar-refractivity contribution in [1.29, 1.82) is 0 Å². The van der Waals surface area contributed by atoms with E-state index in [0.717, 1.165) is 10.7 Å². The summed E-state index contributed by atoms with van der Waals surface area (Å²) in [5.41, 5.74) is 2.26. The van der Waals surface area contributed by atoms with Crippen molar-refractivity contribution in [2.75, 3.05) is 6.61 Å². The average molecular weight is 225 g/mol. The van der Waals surface area contributed by atoms with Gasteiger partial charge in [0, 0.05) is 18.4 Å². The van der Waals surface area contributed by atoms with E-state index in [4.69, 9.17) is 5.11 Å². The summed E-state index contributed by atoms with van der Waals surface area (Å²) in [5.74, 6) is 0. The molecular weight excluding hydrogens is 214 g/mol. The van der Waals surface area contributed by atoms with Gasteiger partial charge < -0.3 is 5.11 Å². The molecule has 2 nitrogen and oxygen atoms in total. The Balaban J connectivity index is 2.29. The first kappa shape index (κ1) is 9.83. The molecule has 0 bridgehead atoms. The number of aliphatic hydroxyl groups excluding tert-OH is 1. The maximum absolute atomic E-state index is 8.78. The lowest BCUT2D eigenvalue weighted by Crippen LogP contribution is -1.89. The zero-order chi connectivity index (χ0) is 9.97. The smallest absolute Gasteiger partial charge is 0.133 e. The lowest BCUT2D eigenvalue weighted by molar-refractivity contribution is 0.298. The number of rotatable bonds is 3. The molecule has 0 saturated heterocycles. The second-order valence-electron chi connectivity index (χ2n) is 3.05. The standard InChI is InChI=1S/C10H11NOS2/c1-7-3-5-13-9(7)10-11-8(2-4-12)6-14-10/h3,5-6,12H,2,4H2,1H3. The van der Waals surface area contributed by atoms with Crippen molar-refractivity contribution in [3.05, 3.63) is 28.1 Å². The van der Waals surface area contributed by atoms with E-state index in [1.165, 1.54) is 10.4 Å². The van der Waals surface area contributed by atoms with Crippen molar-refractivity contribution in [2.45, 2.75) is 13.3 Å². The number of aryl methyl sites for hydroxylation is 1. The molecule has 0 spiro atoms. The van der Waals surface area contributed by atoms with Crippen molar-refractivity contribution >= 4 is 22.7 Å². The maximum Gasteiger partial charge on any atom is 0.133 e. The van der Waals surface area contributed by atoms with Crippen molar-refractivity contribution < 1.29 is 5.11 Å². The Labute approximate surface area is 90.9 Å². The predicted octanol–water partition coefficient (Wildman–Crippen LogP) is 2.71. The molecule has 0 atom stereocenters. The highest BCUT2D eigenvalue weighted by Gasteiger charge is 2.07. The van der Waals surface area contributed by atoms with Gasteiger partial charge in [-0.2, -0.15) is 0 Å². The van der Waals surface area contributed by atoms with Crippen LogP contribution in [0, 0.1) is 6.92 Å². The molecular formula is C10H11NOS2. The zero-order valence-corrected chi connectivity index (χ0v) is 9.49. The molecule has 2 aromatic heterocycles. The Kier molecular flexibility index (Phi) is 2.96. The van der Waals surface area contributed by atoms with Crippen LogP contribution in [-0.4, -0.2) is 16.7 Å². The number of thiazole rings is 1. The van der Waals surface area contributed by atoms with E-state index in [2.05, 4.69) is 23.4 Å². The van der Waals surface area contributed by atoms with Crippen LogP contribution in [0.15, 0.2) is 16.8 Å². The van der Waals surface area contributed by atoms with Crippen LogP contribution in [-0.2, 0) is 6.42 Å². The topological polar surface area (TPSA) is 33.1 Å². The normalized spacial score (nSPS) is 10.7. The molecule has 0 radical (unpaired) electrons. The number of thiophene rings is 1. The van der Waals surface area contributed by atoms with Gasteiger partial charge in [0.05, 0.1) is 10.6 Å². The SMILES string of the molecule is Cc1ccsc1-c1nc(CCO)cs1. The zero-order valence-electron chi connectivity index (χ0n) is 7.86. The predicted molar refractivity (Wildman–Crippen MR) is 61.0 cm³/mol. The Morgan fingerprint density at radius 3 is 2.93 bits per heavy atom. The molecule has 0 unspecified atom stereocenters. The van der Waals surface area contributed by atoms with Crippen molar-refractivity contribution in [2.24, 2.45) is 0 Å². The second kappa shape index (κ2) is 4.21. The van der Waals surface area contributed by atoms with E-state index in [9.17, 15) is 0 Å². The van der Waals surface area contributed by atoms with E-state index < -0.39 is 0 Å². The summed E-state index contributed by atoms with van der Waals surface area (Å²) in [6.45, 7) is 2.27. The highest BCUT2D eigenvalue weighted by atomic mass is 32.1. The van der Waals surface area contributed by atoms with E-state index in [1.807, 2.05) is 5.38 Å². The van der Waals surface area contributed by atoms with Gasteiger partial charge in [0.2, 0.25) is 0 Å². The highest BCUT2D eigenvalue weighted by molar-refractivity contribution is 7.20. The van der Waals surface area contributed by atoms with Crippen molar-refractivity contribution in [3.63, 3.8) is 0 Å². The minimum Gasteiger partial charge on any atom is -0.396 e. The highest BCUT2D eigenvalue weighted by Crippen LogP contribution is 2.31. The molecule has 0 aromatic carbocycles. The van der Waals surface area contributed by atoms with Crippen LogP contribution in [0.2, 0.25) is 0 Å². The average Bonchev–Trinajstić information content (AvgIpc) is 2.74. The van der Waals surface area contributed by atoms with Gasteiger partial charge in [0.1, 0.15) is 5.01 Å². The maximum atomic E-state index is 8.78. The van der Waals surface area contributed by atoms with Crippen LogP contribution in [0.5, 0.6) is 0 Å². The van der Waals surface area contributed by atoms with Gasteiger partial charge in [-0.05, 0) is 23.9 Å². The minimum atomic E-state index is 0.173. The summed E-state index contributed by atoms with van der Waals surface area (Å²) >= 11 is 3.37. The number of hydrogen-bond donors (Lipinski definition) is 1. The minimum absolute atomic E-state index is 0.173. The molecule has 0 aliphatic carbocycles. The number of aromatic nitrogens is 1. The monoisotopic (exact) mass is 225 g/mol. The summed E-state index contributed by atoms with van der Waals surface area (Å²) in [6.07, 6.45) is 0.654. The summed E-state index contributed by atoms with van der Waals surface area (Å²) in [4.78, 5) is 5.72. The summed E-state index contributed by atoms with van der Waals surface area (Å²) < 4.78 is 0. The first-order valence-electron chi connectivity index (χ1n) is 4.41. The summed E-state index contributed by atoms with van der Waals surface area (Å²) in [7, 11) is 0. The molecule has 2 heterocycles. The Hall–Kier alpha value is -0.710. The third-order valence-electron chi connectivity index (χ3n) is 1.98. The van der Waals surface area contributed by atoms with E-state index in [1.54, 1.807) is 22.7 Å². The van der Waals surface area contributed by atoms with Crippen LogP contribution in [0.25, 0.3) is 9.88 Å². The van der Waals surface area contributed by atoms with Crippen LogP contribution < -0.4 is 0 Å². The van der Waals surface area contributed by atoms with Gasteiger partial charge in [0.25, 0.3) is 0 Å². The van der Waals surface area contributed by atoms with Gasteiger partial charge in [0.15, 0.2) is 0 Å². The van der Waals surface area contributed by atoms with Gasteiger partial charge >= 0.3 is 0 Å². The molecule has 0 fully saturated rings. The van der Waals surface area contributed by atoms with Gasteiger partial charge in [-0.25, -0.2) is 4.98 Å². The largest absolute Gasteiger partial charge is 0.396 e. The quantitative estimate of drug-likeness (QED) is 0.871. The molecule has 2 aromatic rings. The fraction of sp³-hybridized carbons (Fsp3) is 0.300. The molecule has 1 N–H and O–H groups in total. The molecule has 0 amide bonds. The fourth-order valence-corrected chi connectivity index (χ4v) is 3.19. The lowest BCUT2D eigenvalue weighted by atomic mass is 10.3. The van der Waals surface area contributed by atoms with E-state index in [0.29, 0.717) is 6.42 Å². The fourth-order valence-electron chi connectivity index (χ4n) is 1.23. The lowest BCUT2D eigenvalue weighted by Gasteiger charge is -1.92. The Bertz CT molecular complexity index is 419. The summed E-state index contributed by atoms with van der Waals surface area (Å²) in [5, 5.41) is 14.0. The van der Waals surface area contributed by atoms with Gasteiger partial charge in [-0.3, -0.25) is 0 Å². The van der Waals surface area contributed by atoms with Crippen LogP contribution in [0.3, 0.4) is 0 Å². The van der Waals surface area contributed by atoms with Crippen LogP contribution >= 0.6 is 22.7 Å². The Morgan fingerprint density at radius 2 is 2.29 bits per heavy atom. The molecule has 0 aliphatic rings. The molecule has 0 saturated carbocycles. The summed E-state index contributed by atoms with van der Waals surface area (Å²) in [6, 6.07) is 2.10. The van der Waals surface area contributed by atoms with Gasteiger partial charge in [-0.1, -0.05) is 0 Å². The third-order valence-corrected chi connectivity index (χ3v) is 4.04. The molecule has 0 aliphatic heterocycles. The molecule has 2 rings (SSSR count). The van der Waals surface area contributed by atoms with Crippen LogP contribution in [0.1, 0.15) is 11.3 Å². The number of nitrogens with zero attached hydrogens (tertiary/aromatic N) is 1. The second-order valence-corrected chi connectivity index (χ2v) is 4.82. The van der Waals surface area contributed by atoms with E-state index in [-0.39, 0.29) is 6.61 Å². The molecule has 74 valence electrons. The third kappa shape index (κ3) is 1.87. The first-order chi connectivity index (χ1) is 6.81. The van der Waals surface area contributed by atoms with Gasteiger partial charge in [-0.15, -0.1) is 22.7 Å². The number of aliphatic hydroxyl groups is 1. The van der Waals surface area contributed by atoms with Crippen LogP contribution in [0.4, 0.5) is 0 Å². The van der Waals surface area contributed by atoms with Crippen molar-refractivity contribution in [1.82, 2.24) is 4.98 Å². The van der Waals surface area contributed by atoms with Crippen molar-refractivity contribution in [3.8, 4) is 9.88 Å². The number of hydrogen-bond acceptors (Lipinski definition) is 4. The first-order valence-corrected chi connectivity index (χ1v) is 6.17. The Morgan fingerprint density at radius 1 is 1.43 bits per heavy atom. The molecule has 14 heavy (non-hydrogen) atoms. The molecule has 4 heteroatoms.